The Balaban J connectivity index is 2.01. The number of anilines is 1. The number of phenols is 1. The highest BCUT2D eigenvalue weighted by Gasteiger charge is 2.34. The fourth-order valence-corrected chi connectivity index (χ4v) is 3.45. The first-order valence-electron chi connectivity index (χ1n) is 8.03. The number of aromatic hydroxyl groups is 1. The molecule has 3 unspecified atom stereocenters. The van der Waals surface area contributed by atoms with E-state index in [1.165, 1.54) is 12.8 Å². The standard InChI is InChI=1S/C18H30N2O/c1-18(2,3)14-5-10-17(19)13(11-14)12-20(4)15-6-8-16(21)9-7-15/h6-9,13-14,17,21H,5,10-12,19H2,1-4H3. The molecular formula is C18H30N2O. The summed E-state index contributed by atoms with van der Waals surface area (Å²) in [6, 6.07) is 7.72. The van der Waals surface area contributed by atoms with E-state index in [2.05, 4.69) is 32.7 Å². The SMILES string of the molecule is CN(CC1CC(C(C)(C)C)CCC1N)c1ccc(O)cc1. The van der Waals surface area contributed by atoms with Gasteiger partial charge in [0.1, 0.15) is 5.75 Å². The van der Waals surface area contributed by atoms with Crippen molar-refractivity contribution in [2.45, 2.75) is 46.1 Å². The average Bonchev–Trinajstić information content (AvgIpc) is 2.40. The maximum absolute atomic E-state index is 9.39. The molecular weight excluding hydrogens is 260 g/mol. The number of nitrogens with two attached hydrogens (primary N) is 1. The zero-order valence-electron chi connectivity index (χ0n) is 13.8. The molecule has 0 saturated heterocycles. The van der Waals surface area contributed by atoms with Crippen molar-refractivity contribution >= 4 is 5.69 Å². The number of hydrogen-bond donors (Lipinski definition) is 2. The summed E-state index contributed by atoms with van der Waals surface area (Å²) in [4.78, 5) is 2.26. The van der Waals surface area contributed by atoms with Crippen LogP contribution in [0, 0.1) is 17.3 Å². The molecule has 0 bridgehead atoms. The molecule has 0 amide bonds. The van der Waals surface area contributed by atoms with E-state index in [4.69, 9.17) is 5.73 Å². The first-order chi connectivity index (χ1) is 9.77. The molecule has 118 valence electrons. The minimum absolute atomic E-state index is 0.308. The Morgan fingerprint density at radius 3 is 2.38 bits per heavy atom. The van der Waals surface area contributed by atoms with Gasteiger partial charge in [0, 0.05) is 25.3 Å². The van der Waals surface area contributed by atoms with Crippen LogP contribution in [0.3, 0.4) is 0 Å². The molecule has 1 saturated carbocycles. The first kappa shape index (κ1) is 16.2. The second-order valence-electron chi connectivity index (χ2n) is 7.70. The van der Waals surface area contributed by atoms with Crippen molar-refractivity contribution < 1.29 is 5.11 Å². The highest BCUT2D eigenvalue weighted by Crippen LogP contribution is 2.40. The topological polar surface area (TPSA) is 49.5 Å². The lowest BCUT2D eigenvalue weighted by atomic mass is 9.67. The van der Waals surface area contributed by atoms with Crippen molar-refractivity contribution in [2.24, 2.45) is 23.0 Å². The molecule has 1 fully saturated rings. The number of phenolic OH excluding ortho intramolecular Hbond substituents is 1. The summed E-state index contributed by atoms with van der Waals surface area (Å²) in [7, 11) is 2.11. The predicted octanol–water partition coefficient (Wildman–Crippen LogP) is 3.62. The van der Waals surface area contributed by atoms with Crippen molar-refractivity contribution in [3.05, 3.63) is 24.3 Å². The first-order valence-corrected chi connectivity index (χ1v) is 8.03. The third-order valence-electron chi connectivity index (χ3n) is 5.06. The van der Waals surface area contributed by atoms with Gasteiger partial charge >= 0.3 is 0 Å². The second-order valence-corrected chi connectivity index (χ2v) is 7.70. The second kappa shape index (κ2) is 6.27. The maximum Gasteiger partial charge on any atom is 0.115 e. The van der Waals surface area contributed by atoms with Gasteiger partial charge in [-0.15, -0.1) is 0 Å². The Morgan fingerprint density at radius 1 is 1.19 bits per heavy atom. The van der Waals surface area contributed by atoms with Crippen LogP contribution >= 0.6 is 0 Å². The predicted molar refractivity (Wildman–Crippen MR) is 89.6 cm³/mol. The number of hydrogen-bond acceptors (Lipinski definition) is 3. The molecule has 3 atom stereocenters. The van der Waals surface area contributed by atoms with Gasteiger partial charge in [0.2, 0.25) is 0 Å². The summed E-state index contributed by atoms with van der Waals surface area (Å²) < 4.78 is 0. The summed E-state index contributed by atoms with van der Waals surface area (Å²) in [6.07, 6.45) is 3.60. The van der Waals surface area contributed by atoms with E-state index in [1.54, 1.807) is 12.1 Å². The van der Waals surface area contributed by atoms with Gasteiger partial charge in [-0.3, -0.25) is 0 Å². The van der Waals surface area contributed by atoms with Gasteiger partial charge in [-0.1, -0.05) is 20.8 Å². The van der Waals surface area contributed by atoms with Gasteiger partial charge in [-0.2, -0.15) is 0 Å². The summed E-state index contributed by atoms with van der Waals surface area (Å²) in [6.45, 7) is 8.01. The molecule has 3 nitrogen and oxygen atoms in total. The quantitative estimate of drug-likeness (QED) is 0.894. The third kappa shape index (κ3) is 4.13. The highest BCUT2D eigenvalue weighted by molar-refractivity contribution is 5.48. The van der Waals surface area contributed by atoms with Crippen LogP contribution in [0.5, 0.6) is 5.75 Å². The average molecular weight is 290 g/mol. The molecule has 3 heteroatoms. The van der Waals surface area contributed by atoms with Crippen LogP contribution in [0.4, 0.5) is 5.69 Å². The Morgan fingerprint density at radius 2 is 1.81 bits per heavy atom. The lowest BCUT2D eigenvalue weighted by molar-refractivity contribution is 0.129. The lowest BCUT2D eigenvalue weighted by Crippen LogP contribution is -2.44. The normalized spacial score (nSPS) is 26.6. The highest BCUT2D eigenvalue weighted by atomic mass is 16.3. The molecule has 0 radical (unpaired) electrons. The van der Waals surface area contributed by atoms with Gasteiger partial charge < -0.3 is 15.7 Å². The van der Waals surface area contributed by atoms with E-state index in [9.17, 15) is 5.11 Å². The van der Waals surface area contributed by atoms with E-state index in [0.29, 0.717) is 23.1 Å². The molecule has 0 heterocycles. The lowest BCUT2D eigenvalue weighted by Gasteiger charge is -2.42. The molecule has 2 rings (SSSR count). The summed E-state index contributed by atoms with van der Waals surface area (Å²) in [5, 5.41) is 9.39. The van der Waals surface area contributed by atoms with Crippen LogP contribution < -0.4 is 10.6 Å². The molecule has 1 aliphatic rings. The van der Waals surface area contributed by atoms with Crippen molar-refractivity contribution in [3.8, 4) is 5.75 Å². The smallest absolute Gasteiger partial charge is 0.115 e. The van der Waals surface area contributed by atoms with Crippen molar-refractivity contribution in [1.29, 1.82) is 0 Å². The molecule has 0 aromatic heterocycles. The molecule has 1 aromatic rings. The Bertz CT molecular complexity index is 449. The molecule has 1 aromatic carbocycles. The van der Waals surface area contributed by atoms with E-state index >= 15 is 0 Å². The van der Waals surface area contributed by atoms with Gasteiger partial charge in [0.25, 0.3) is 0 Å². The van der Waals surface area contributed by atoms with E-state index in [1.807, 2.05) is 12.1 Å². The minimum Gasteiger partial charge on any atom is -0.508 e. The monoisotopic (exact) mass is 290 g/mol. The van der Waals surface area contributed by atoms with Crippen LogP contribution in [-0.2, 0) is 0 Å². The van der Waals surface area contributed by atoms with Gasteiger partial charge in [0.05, 0.1) is 0 Å². The number of benzene rings is 1. The Labute approximate surface area is 129 Å². The van der Waals surface area contributed by atoms with E-state index in [-0.39, 0.29) is 0 Å². The number of nitrogens with zero attached hydrogens (tertiary/aromatic N) is 1. The third-order valence-corrected chi connectivity index (χ3v) is 5.06. The van der Waals surface area contributed by atoms with Gasteiger partial charge in [0.15, 0.2) is 0 Å². The van der Waals surface area contributed by atoms with Crippen LogP contribution in [0.2, 0.25) is 0 Å². The zero-order chi connectivity index (χ0) is 15.6. The molecule has 0 spiro atoms. The molecule has 1 aliphatic carbocycles. The van der Waals surface area contributed by atoms with E-state index < -0.39 is 0 Å². The number of rotatable bonds is 3. The maximum atomic E-state index is 9.39. The van der Waals surface area contributed by atoms with Gasteiger partial charge in [-0.25, -0.2) is 0 Å². The summed E-state index contributed by atoms with van der Waals surface area (Å²) >= 11 is 0. The van der Waals surface area contributed by atoms with Crippen LogP contribution in [0.25, 0.3) is 0 Å². The van der Waals surface area contributed by atoms with Crippen LogP contribution in [0.1, 0.15) is 40.0 Å². The van der Waals surface area contributed by atoms with E-state index in [0.717, 1.165) is 24.6 Å². The Hall–Kier alpha value is -1.22. The minimum atomic E-state index is 0.308. The van der Waals surface area contributed by atoms with Crippen molar-refractivity contribution in [3.63, 3.8) is 0 Å². The summed E-state index contributed by atoms with van der Waals surface area (Å²) in [5.41, 5.74) is 7.88. The largest absolute Gasteiger partial charge is 0.508 e. The van der Waals surface area contributed by atoms with Crippen LogP contribution in [-0.4, -0.2) is 24.7 Å². The van der Waals surface area contributed by atoms with Crippen molar-refractivity contribution in [2.75, 3.05) is 18.5 Å². The molecule has 0 aliphatic heterocycles. The Kier molecular flexibility index (Phi) is 4.82. The van der Waals surface area contributed by atoms with Crippen molar-refractivity contribution in [1.82, 2.24) is 0 Å². The fourth-order valence-electron chi connectivity index (χ4n) is 3.45. The summed E-state index contributed by atoms with van der Waals surface area (Å²) in [5.74, 6) is 1.62. The molecule has 3 N–H and O–H groups in total. The van der Waals surface area contributed by atoms with Gasteiger partial charge in [-0.05, 0) is 60.8 Å². The zero-order valence-corrected chi connectivity index (χ0v) is 13.8. The fraction of sp³-hybridized carbons (Fsp3) is 0.667. The molecule has 21 heavy (non-hydrogen) atoms. The van der Waals surface area contributed by atoms with Crippen LogP contribution in [0.15, 0.2) is 24.3 Å².